The minimum absolute atomic E-state index is 0.566. The summed E-state index contributed by atoms with van der Waals surface area (Å²) < 4.78 is 1.20. The molecule has 0 aliphatic carbocycles. The molecule has 3 heteroatoms. The summed E-state index contributed by atoms with van der Waals surface area (Å²) >= 11 is 8.64. The molecule has 0 bridgehead atoms. The highest BCUT2D eigenvalue weighted by molar-refractivity contribution is 14.1. The lowest BCUT2D eigenvalue weighted by molar-refractivity contribution is 1.30. The summed E-state index contributed by atoms with van der Waals surface area (Å²) in [5.74, 6) is 0. The molecule has 3 aromatic rings. The van der Waals surface area contributed by atoms with Gasteiger partial charge in [-0.2, -0.15) is 0 Å². The lowest BCUT2D eigenvalue weighted by Gasteiger charge is -2.11. The predicted molar refractivity (Wildman–Crippen MR) is 89.6 cm³/mol. The Morgan fingerprint density at radius 2 is 1.74 bits per heavy atom. The van der Waals surface area contributed by atoms with E-state index in [1.807, 2.05) is 24.3 Å². The Bertz CT molecular complexity index is 754. The molecule has 0 N–H and O–H groups in total. The Kier molecular flexibility index (Phi) is 3.46. The average Bonchev–Trinajstić information content (AvgIpc) is 2.43. The van der Waals surface area contributed by atoms with E-state index < -0.39 is 0 Å². The highest BCUT2D eigenvalue weighted by atomic mass is 127. The van der Waals surface area contributed by atoms with Crippen LogP contribution in [-0.2, 0) is 0 Å². The maximum Gasteiger partial charge on any atom is 0.137 e. The highest BCUT2D eigenvalue weighted by Crippen LogP contribution is 2.32. The van der Waals surface area contributed by atoms with Gasteiger partial charge in [-0.05, 0) is 52.6 Å². The molecular formula is C16H11ClIN. The molecule has 0 unspecified atom stereocenters. The normalized spacial score (nSPS) is 10.9. The summed E-state index contributed by atoms with van der Waals surface area (Å²) in [4.78, 5) is 4.56. The van der Waals surface area contributed by atoms with Crippen molar-refractivity contribution >= 4 is 45.0 Å². The second-order valence-corrected chi connectivity index (χ2v) is 6.04. The number of hydrogen-bond acceptors (Lipinski definition) is 1. The first kappa shape index (κ1) is 12.9. The van der Waals surface area contributed by atoms with E-state index in [0.29, 0.717) is 5.15 Å². The fourth-order valence-corrected chi connectivity index (χ4v) is 2.99. The molecule has 0 aliphatic heterocycles. The van der Waals surface area contributed by atoms with Gasteiger partial charge in [-0.15, -0.1) is 0 Å². The Morgan fingerprint density at radius 1 is 1.00 bits per heavy atom. The van der Waals surface area contributed by atoms with Crippen LogP contribution >= 0.6 is 34.2 Å². The average molecular weight is 380 g/mol. The fraction of sp³-hybridized carbons (Fsp3) is 0.0625. The zero-order chi connectivity index (χ0) is 13.4. The molecule has 1 heterocycles. The van der Waals surface area contributed by atoms with Crippen molar-refractivity contribution in [1.29, 1.82) is 0 Å². The molecule has 94 valence electrons. The van der Waals surface area contributed by atoms with Crippen LogP contribution in [0.4, 0.5) is 0 Å². The van der Waals surface area contributed by atoms with Gasteiger partial charge in [0.2, 0.25) is 0 Å². The number of nitrogens with zero attached hydrogens (tertiary/aromatic N) is 1. The van der Waals surface area contributed by atoms with E-state index in [9.17, 15) is 0 Å². The topological polar surface area (TPSA) is 12.9 Å². The van der Waals surface area contributed by atoms with Gasteiger partial charge in [0.1, 0.15) is 5.15 Å². The molecular weight excluding hydrogens is 369 g/mol. The Hall–Kier alpha value is -1.13. The van der Waals surface area contributed by atoms with E-state index in [1.165, 1.54) is 14.5 Å². The summed E-state index contributed by atoms with van der Waals surface area (Å²) in [5, 5.41) is 2.75. The van der Waals surface area contributed by atoms with Crippen molar-refractivity contribution in [3.63, 3.8) is 0 Å². The SMILES string of the molecule is Cc1c(-c2ccccc2)nc(Cl)c2ccc(I)cc12. The van der Waals surface area contributed by atoms with Crippen molar-refractivity contribution in [2.45, 2.75) is 6.92 Å². The summed E-state index contributed by atoms with van der Waals surface area (Å²) in [5.41, 5.74) is 3.23. The molecule has 0 amide bonds. The first-order chi connectivity index (χ1) is 9.16. The number of aryl methyl sites for hydroxylation is 1. The summed E-state index contributed by atoms with van der Waals surface area (Å²) in [6.07, 6.45) is 0. The number of halogens is 2. The smallest absolute Gasteiger partial charge is 0.137 e. The summed E-state index contributed by atoms with van der Waals surface area (Å²) in [7, 11) is 0. The fourth-order valence-electron chi connectivity index (χ4n) is 2.25. The quantitative estimate of drug-likeness (QED) is 0.404. The lowest BCUT2D eigenvalue weighted by atomic mass is 10.0. The standard InChI is InChI=1S/C16H11ClIN/c1-10-14-9-12(18)7-8-13(14)16(17)19-15(10)11-5-3-2-4-6-11/h2-9H,1H3. The molecule has 2 aromatic carbocycles. The van der Waals surface area contributed by atoms with Gasteiger partial charge in [-0.3, -0.25) is 0 Å². The maximum atomic E-state index is 6.32. The Labute approximate surface area is 130 Å². The third-order valence-corrected chi connectivity index (χ3v) is 4.18. The van der Waals surface area contributed by atoms with Gasteiger partial charge >= 0.3 is 0 Å². The van der Waals surface area contributed by atoms with Crippen molar-refractivity contribution in [3.8, 4) is 11.3 Å². The molecule has 0 saturated heterocycles. The van der Waals surface area contributed by atoms with Crippen molar-refractivity contribution in [2.75, 3.05) is 0 Å². The minimum Gasteiger partial charge on any atom is -0.235 e. The van der Waals surface area contributed by atoms with Crippen LogP contribution in [0.2, 0.25) is 5.15 Å². The van der Waals surface area contributed by atoms with Crippen molar-refractivity contribution in [1.82, 2.24) is 4.98 Å². The first-order valence-electron chi connectivity index (χ1n) is 5.97. The van der Waals surface area contributed by atoms with Gasteiger partial charge in [-0.1, -0.05) is 48.0 Å². The highest BCUT2D eigenvalue weighted by Gasteiger charge is 2.11. The van der Waals surface area contributed by atoms with E-state index in [1.54, 1.807) is 0 Å². The summed E-state index contributed by atoms with van der Waals surface area (Å²) in [6, 6.07) is 16.4. The van der Waals surface area contributed by atoms with Crippen molar-refractivity contribution in [2.24, 2.45) is 0 Å². The van der Waals surface area contributed by atoms with E-state index in [-0.39, 0.29) is 0 Å². The van der Waals surface area contributed by atoms with Gasteiger partial charge in [0.05, 0.1) is 5.69 Å². The molecule has 0 saturated carbocycles. The third kappa shape index (κ3) is 2.35. The van der Waals surface area contributed by atoms with Gasteiger partial charge in [-0.25, -0.2) is 4.98 Å². The zero-order valence-electron chi connectivity index (χ0n) is 10.3. The monoisotopic (exact) mass is 379 g/mol. The summed E-state index contributed by atoms with van der Waals surface area (Å²) in [6.45, 7) is 2.10. The third-order valence-electron chi connectivity index (χ3n) is 3.22. The molecule has 3 rings (SSSR count). The van der Waals surface area contributed by atoms with Crippen LogP contribution in [0.25, 0.3) is 22.0 Å². The molecule has 1 aromatic heterocycles. The Morgan fingerprint density at radius 3 is 2.47 bits per heavy atom. The van der Waals surface area contributed by atoms with Crippen LogP contribution in [0.1, 0.15) is 5.56 Å². The molecule has 0 atom stereocenters. The van der Waals surface area contributed by atoms with Gasteiger partial charge < -0.3 is 0 Å². The van der Waals surface area contributed by atoms with Gasteiger partial charge in [0, 0.05) is 14.5 Å². The van der Waals surface area contributed by atoms with E-state index in [4.69, 9.17) is 11.6 Å². The molecule has 1 nitrogen and oxygen atoms in total. The predicted octanol–water partition coefficient (Wildman–Crippen LogP) is 5.47. The van der Waals surface area contributed by atoms with Crippen molar-refractivity contribution < 1.29 is 0 Å². The zero-order valence-corrected chi connectivity index (χ0v) is 13.2. The van der Waals surface area contributed by atoms with Crippen LogP contribution in [0.3, 0.4) is 0 Å². The first-order valence-corrected chi connectivity index (χ1v) is 7.43. The molecule has 0 fully saturated rings. The molecule has 0 radical (unpaired) electrons. The van der Waals surface area contributed by atoms with Crippen molar-refractivity contribution in [3.05, 3.63) is 62.8 Å². The molecule has 0 aliphatic rings. The number of pyridine rings is 1. The van der Waals surface area contributed by atoms with E-state index in [0.717, 1.165) is 16.6 Å². The number of hydrogen-bond donors (Lipinski definition) is 0. The molecule has 0 spiro atoms. The minimum atomic E-state index is 0.566. The Balaban J connectivity index is 2.36. The van der Waals surface area contributed by atoms with Crippen LogP contribution in [0, 0.1) is 10.5 Å². The van der Waals surface area contributed by atoms with Crippen LogP contribution < -0.4 is 0 Å². The van der Waals surface area contributed by atoms with Gasteiger partial charge in [0.25, 0.3) is 0 Å². The maximum absolute atomic E-state index is 6.32. The number of benzene rings is 2. The lowest BCUT2D eigenvalue weighted by Crippen LogP contribution is -1.92. The second kappa shape index (κ2) is 5.10. The van der Waals surface area contributed by atoms with Gasteiger partial charge in [0.15, 0.2) is 0 Å². The number of aromatic nitrogens is 1. The van der Waals surface area contributed by atoms with Crippen LogP contribution in [0.15, 0.2) is 48.5 Å². The molecule has 19 heavy (non-hydrogen) atoms. The van der Waals surface area contributed by atoms with E-state index in [2.05, 4.69) is 58.8 Å². The largest absolute Gasteiger partial charge is 0.235 e. The van der Waals surface area contributed by atoms with E-state index >= 15 is 0 Å². The number of fused-ring (bicyclic) bond motifs is 1. The second-order valence-electron chi connectivity index (χ2n) is 4.43. The number of rotatable bonds is 1. The van der Waals surface area contributed by atoms with Crippen LogP contribution in [-0.4, -0.2) is 4.98 Å². The van der Waals surface area contributed by atoms with Crippen LogP contribution in [0.5, 0.6) is 0 Å².